The minimum absolute atomic E-state index is 0.0365. The van der Waals surface area contributed by atoms with Gasteiger partial charge in [0.1, 0.15) is 0 Å². The third kappa shape index (κ3) is 3.89. The van der Waals surface area contributed by atoms with Gasteiger partial charge in [-0.2, -0.15) is 5.10 Å². The van der Waals surface area contributed by atoms with Crippen molar-refractivity contribution >= 4 is 37.0 Å². The van der Waals surface area contributed by atoms with Crippen LogP contribution >= 0.6 is 15.9 Å². The molecule has 0 amide bonds. The van der Waals surface area contributed by atoms with E-state index in [2.05, 4.69) is 45.1 Å². The van der Waals surface area contributed by atoms with Gasteiger partial charge in [0.25, 0.3) is 10.0 Å². The fourth-order valence-electron chi connectivity index (χ4n) is 3.86. The van der Waals surface area contributed by atoms with E-state index in [-0.39, 0.29) is 10.9 Å². The zero-order valence-corrected chi connectivity index (χ0v) is 20.5. The van der Waals surface area contributed by atoms with Crippen LogP contribution in [-0.4, -0.2) is 27.2 Å². The first kappa shape index (κ1) is 21.6. The number of halogens is 1. The van der Waals surface area contributed by atoms with Gasteiger partial charge in [-0.25, -0.2) is 17.4 Å². The molecule has 0 N–H and O–H groups in total. The monoisotopic (exact) mass is 520 g/mol. The summed E-state index contributed by atoms with van der Waals surface area (Å²) >= 11 is 3.47. The van der Waals surface area contributed by atoms with Gasteiger partial charge in [0.15, 0.2) is 5.65 Å². The lowest BCUT2D eigenvalue weighted by Crippen LogP contribution is -2.12. The van der Waals surface area contributed by atoms with Crippen LogP contribution in [0.5, 0.6) is 0 Å². The Hall–Kier alpha value is -3.23. The Morgan fingerprint density at radius 1 is 0.970 bits per heavy atom. The zero-order valence-electron chi connectivity index (χ0n) is 18.1. The highest BCUT2D eigenvalue weighted by Crippen LogP contribution is 2.34. The molecule has 0 aliphatic heterocycles. The highest BCUT2D eigenvalue weighted by atomic mass is 79.9. The average molecular weight is 521 g/mol. The predicted molar refractivity (Wildman–Crippen MR) is 133 cm³/mol. The summed E-state index contributed by atoms with van der Waals surface area (Å²) in [4.78, 5) is 4.65. The number of benzene rings is 2. The van der Waals surface area contributed by atoms with Crippen molar-refractivity contribution in [2.75, 3.05) is 0 Å². The number of nitrogens with zero attached hydrogens (tertiary/aromatic N) is 4. The SMILES string of the molecule is Cc1ccc(S(=O)(=O)n2cc(-c3cnn(C(C)c4ccccc4)c3)c3cc(Br)cnc32)cc1. The summed E-state index contributed by atoms with van der Waals surface area (Å²) < 4.78 is 30.9. The van der Waals surface area contributed by atoms with Crippen molar-refractivity contribution in [1.82, 2.24) is 18.7 Å². The zero-order chi connectivity index (χ0) is 23.2. The number of aromatic nitrogens is 4. The highest BCUT2D eigenvalue weighted by molar-refractivity contribution is 9.10. The molecule has 0 radical (unpaired) electrons. The molecule has 0 saturated heterocycles. The lowest BCUT2D eigenvalue weighted by Gasteiger charge is -2.12. The largest absolute Gasteiger partial charge is 0.269 e. The molecular formula is C25H21BrN4O2S. The van der Waals surface area contributed by atoms with Crippen molar-refractivity contribution in [3.63, 3.8) is 0 Å². The fraction of sp³-hybridized carbons (Fsp3) is 0.120. The van der Waals surface area contributed by atoms with E-state index in [1.807, 2.05) is 42.1 Å². The molecule has 3 aromatic heterocycles. The third-order valence-corrected chi connectivity index (χ3v) is 7.85. The molecule has 1 atom stereocenters. The molecule has 8 heteroatoms. The first-order valence-corrected chi connectivity index (χ1v) is 12.7. The van der Waals surface area contributed by atoms with Crippen LogP contribution in [0.2, 0.25) is 0 Å². The lowest BCUT2D eigenvalue weighted by molar-refractivity contribution is 0.565. The van der Waals surface area contributed by atoms with Crippen LogP contribution in [-0.2, 0) is 10.0 Å². The summed E-state index contributed by atoms with van der Waals surface area (Å²) in [6.45, 7) is 4.00. The minimum Gasteiger partial charge on any atom is -0.265 e. The molecular weight excluding hydrogens is 500 g/mol. The number of pyridine rings is 1. The van der Waals surface area contributed by atoms with Crippen molar-refractivity contribution < 1.29 is 8.42 Å². The molecule has 6 nitrogen and oxygen atoms in total. The maximum absolute atomic E-state index is 13.5. The summed E-state index contributed by atoms with van der Waals surface area (Å²) in [5.74, 6) is 0. The van der Waals surface area contributed by atoms with Gasteiger partial charge >= 0.3 is 0 Å². The van der Waals surface area contributed by atoms with E-state index in [1.165, 1.54) is 3.97 Å². The second-order valence-corrected chi connectivity index (χ2v) is 10.7. The van der Waals surface area contributed by atoms with Crippen molar-refractivity contribution in [1.29, 1.82) is 0 Å². The van der Waals surface area contributed by atoms with E-state index >= 15 is 0 Å². The molecule has 5 aromatic rings. The summed E-state index contributed by atoms with van der Waals surface area (Å²) in [7, 11) is -3.82. The van der Waals surface area contributed by atoms with Crippen LogP contribution in [0.3, 0.4) is 0 Å². The number of aryl methyl sites for hydroxylation is 1. The van der Waals surface area contributed by atoms with E-state index in [0.717, 1.165) is 32.1 Å². The molecule has 5 rings (SSSR count). The topological polar surface area (TPSA) is 69.8 Å². The lowest BCUT2D eigenvalue weighted by atomic mass is 10.1. The van der Waals surface area contributed by atoms with Crippen molar-refractivity contribution in [3.05, 3.63) is 101 Å². The normalized spacial score (nSPS) is 12.8. The smallest absolute Gasteiger partial charge is 0.265 e. The molecule has 0 saturated carbocycles. The number of hydrogen-bond acceptors (Lipinski definition) is 4. The minimum atomic E-state index is -3.82. The van der Waals surface area contributed by atoms with Crippen LogP contribution < -0.4 is 0 Å². The van der Waals surface area contributed by atoms with Gasteiger partial charge in [-0.15, -0.1) is 0 Å². The Balaban J connectivity index is 1.64. The third-order valence-electron chi connectivity index (χ3n) is 5.75. The van der Waals surface area contributed by atoms with Gasteiger partial charge in [0.05, 0.1) is 17.1 Å². The fourth-order valence-corrected chi connectivity index (χ4v) is 5.52. The summed E-state index contributed by atoms with van der Waals surface area (Å²) in [5.41, 5.74) is 4.08. The first-order valence-electron chi connectivity index (χ1n) is 10.4. The number of rotatable bonds is 5. The van der Waals surface area contributed by atoms with Gasteiger partial charge in [-0.1, -0.05) is 48.0 Å². The van der Waals surface area contributed by atoms with E-state index in [0.29, 0.717) is 5.65 Å². The molecule has 2 aromatic carbocycles. The van der Waals surface area contributed by atoms with Crippen LogP contribution in [0.25, 0.3) is 22.2 Å². The first-order chi connectivity index (χ1) is 15.8. The Bertz CT molecular complexity index is 1560. The molecule has 3 heterocycles. The van der Waals surface area contributed by atoms with Gasteiger partial charge in [-0.05, 0) is 53.5 Å². The van der Waals surface area contributed by atoms with Crippen LogP contribution in [0.1, 0.15) is 24.1 Å². The molecule has 0 aliphatic carbocycles. The van der Waals surface area contributed by atoms with E-state index in [4.69, 9.17) is 0 Å². The summed E-state index contributed by atoms with van der Waals surface area (Å²) in [6.07, 6.45) is 6.94. The maximum atomic E-state index is 13.5. The van der Waals surface area contributed by atoms with Crippen LogP contribution in [0.15, 0.2) is 94.8 Å². The number of hydrogen-bond donors (Lipinski definition) is 0. The van der Waals surface area contributed by atoms with E-state index in [9.17, 15) is 8.42 Å². The quantitative estimate of drug-likeness (QED) is 0.293. The second-order valence-electron chi connectivity index (χ2n) is 7.98. The van der Waals surface area contributed by atoms with Gasteiger partial charge < -0.3 is 0 Å². The number of fused-ring (bicyclic) bond motifs is 1. The molecule has 0 fully saturated rings. The van der Waals surface area contributed by atoms with Crippen molar-refractivity contribution in [2.24, 2.45) is 0 Å². The average Bonchev–Trinajstić information content (AvgIpc) is 3.44. The van der Waals surface area contributed by atoms with Gasteiger partial charge in [0.2, 0.25) is 0 Å². The van der Waals surface area contributed by atoms with Crippen molar-refractivity contribution in [3.8, 4) is 11.1 Å². The van der Waals surface area contributed by atoms with Crippen LogP contribution in [0, 0.1) is 6.92 Å². The Morgan fingerprint density at radius 3 is 2.42 bits per heavy atom. The molecule has 0 spiro atoms. The summed E-state index contributed by atoms with van der Waals surface area (Å²) in [5, 5.41) is 5.29. The van der Waals surface area contributed by atoms with E-state index < -0.39 is 10.0 Å². The highest BCUT2D eigenvalue weighted by Gasteiger charge is 2.24. The maximum Gasteiger partial charge on any atom is 0.269 e. The van der Waals surface area contributed by atoms with Crippen molar-refractivity contribution in [2.45, 2.75) is 24.8 Å². The molecule has 0 aliphatic rings. The predicted octanol–water partition coefficient (Wildman–Crippen LogP) is 5.82. The Kier molecular flexibility index (Phi) is 5.42. The second kappa shape index (κ2) is 8.28. The molecule has 33 heavy (non-hydrogen) atoms. The summed E-state index contributed by atoms with van der Waals surface area (Å²) in [6, 6.07) is 18.9. The van der Waals surface area contributed by atoms with Crippen LogP contribution in [0.4, 0.5) is 0 Å². The Morgan fingerprint density at radius 2 is 1.70 bits per heavy atom. The standard InChI is InChI=1S/C25H21BrN4O2S/c1-17-8-10-22(11-9-17)33(31,32)30-16-24(23-12-21(26)14-27-25(23)30)20-13-28-29(15-20)18(2)19-6-4-3-5-7-19/h3-16,18H,1-2H3. The molecule has 0 bridgehead atoms. The Labute approximate surface area is 200 Å². The van der Waals surface area contributed by atoms with Gasteiger partial charge in [0, 0.05) is 39.6 Å². The van der Waals surface area contributed by atoms with E-state index in [1.54, 1.807) is 42.9 Å². The molecule has 166 valence electrons. The molecule has 1 unspecified atom stereocenters. The van der Waals surface area contributed by atoms with Gasteiger partial charge in [-0.3, -0.25) is 4.68 Å².